The van der Waals surface area contributed by atoms with Gasteiger partial charge in [-0.05, 0) is 36.2 Å². The lowest BCUT2D eigenvalue weighted by atomic mass is 10.0. The minimum Gasteiger partial charge on any atom is -0.343 e. The Balaban J connectivity index is 1.39. The molecule has 42 heavy (non-hydrogen) atoms. The van der Waals surface area contributed by atoms with E-state index in [1.54, 1.807) is 12.3 Å². The molecule has 1 aliphatic rings. The van der Waals surface area contributed by atoms with Gasteiger partial charge in [-0.15, -0.1) is 11.3 Å². The van der Waals surface area contributed by atoms with Crippen molar-refractivity contribution in [1.82, 2.24) is 19.3 Å². The third kappa shape index (κ3) is 6.48. The minimum atomic E-state index is -4.21. The number of likely N-dealkylation sites (N-methyl/N-ethyl adjacent to an activating group) is 1. The fraction of sp³-hybridized carbons (Fsp3) is 0.179. The number of anilines is 1. The minimum absolute atomic E-state index is 0.169. The lowest BCUT2D eigenvalue weighted by Crippen LogP contribution is -2.62. The molecule has 0 radical (unpaired) electrons. The van der Waals surface area contributed by atoms with Crippen molar-refractivity contribution in [1.29, 1.82) is 0 Å². The number of rotatable bonds is 7. The predicted molar refractivity (Wildman–Crippen MR) is 161 cm³/mol. The molecule has 1 saturated heterocycles. The Morgan fingerprint density at radius 1 is 1.05 bits per heavy atom. The van der Waals surface area contributed by atoms with Crippen LogP contribution in [0.25, 0.3) is 10.6 Å². The molecule has 4 aromatic rings. The number of hydrogen-bond donors (Lipinski definition) is 3. The van der Waals surface area contributed by atoms with Gasteiger partial charge in [0.15, 0.2) is 0 Å². The van der Waals surface area contributed by atoms with Gasteiger partial charge in [-0.2, -0.15) is 17.4 Å². The fourth-order valence-corrected chi connectivity index (χ4v) is 7.21. The SMILES string of the molecule is CN1C(C(=O)Nc2ccc(F)c(Cl)c2)CC(C(=O)NC(c2ccccc2)c2cnc(-c3ccccc3Cl)s2)NS1(=O)=O. The molecular weight excluding hydrogens is 624 g/mol. The highest BCUT2D eigenvalue weighted by molar-refractivity contribution is 7.87. The summed E-state index contributed by atoms with van der Waals surface area (Å²) in [6.45, 7) is 0. The molecule has 2 heterocycles. The summed E-state index contributed by atoms with van der Waals surface area (Å²) in [7, 11) is -2.97. The summed E-state index contributed by atoms with van der Waals surface area (Å²) < 4.78 is 42.7. The van der Waals surface area contributed by atoms with E-state index in [4.69, 9.17) is 23.2 Å². The summed E-state index contributed by atoms with van der Waals surface area (Å²) in [5.74, 6) is -1.99. The van der Waals surface area contributed by atoms with Crippen molar-refractivity contribution in [3.05, 3.63) is 105 Å². The van der Waals surface area contributed by atoms with Crippen LogP contribution in [0, 0.1) is 5.82 Å². The number of thiazole rings is 1. The Morgan fingerprint density at radius 3 is 2.48 bits per heavy atom. The van der Waals surface area contributed by atoms with E-state index >= 15 is 0 Å². The molecule has 1 fully saturated rings. The van der Waals surface area contributed by atoms with Crippen LogP contribution >= 0.6 is 34.5 Å². The smallest absolute Gasteiger partial charge is 0.280 e. The second-order valence-corrected chi connectivity index (χ2v) is 13.1. The van der Waals surface area contributed by atoms with Crippen molar-refractivity contribution >= 4 is 62.2 Å². The third-order valence-electron chi connectivity index (χ3n) is 6.71. The van der Waals surface area contributed by atoms with Gasteiger partial charge in [0, 0.05) is 24.5 Å². The molecule has 218 valence electrons. The summed E-state index contributed by atoms with van der Waals surface area (Å²) in [6.07, 6.45) is 1.47. The van der Waals surface area contributed by atoms with Crippen LogP contribution in [0.3, 0.4) is 0 Å². The molecule has 0 aliphatic carbocycles. The van der Waals surface area contributed by atoms with E-state index in [9.17, 15) is 22.4 Å². The first-order chi connectivity index (χ1) is 20.0. The molecule has 9 nitrogen and oxygen atoms in total. The van der Waals surface area contributed by atoms with E-state index in [0.717, 1.165) is 21.5 Å². The summed E-state index contributed by atoms with van der Waals surface area (Å²) in [5, 5.41) is 6.47. The molecule has 3 aromatic carbocycles. The Bertz CT molecular complexity index is 1740. The Kier molecular flexibility index (Phi) is 8.92. The molecule has 0 spiro atoms. The second kappa shape index (κ2) is 12.5. The second-order valence-electron chi connectivity index (χ2n) is 9.46. The molecule has 0 saturated carbocycles. The lowest BCUT2D eigenvalue weighted by Gasteiger charge is -2.35. The first-order valence-corrected chi connectivity index (χ1v) is 15.6. The standard InChI is InChI=1S/C28H24Cl2FN5O4S2/c1-36-23(27(38)33-17-11-12-21(31)20(30)13-17)14-22(35-42(36,39)40)26(37)34-25(16-7-3-2-4-8-16)24-15-32-28(41-24)18-9-5-6-10-19(18)29/h2-13,15,22-23,25,35H,14H2,1H3,(H,33,38)(H,34,37). The average Bonchev–Trinajstić information content (AvgIpc) is 3.45. The molecule has 0 bridgehead atoms. The number of nitrogens with one attached hydrogen (secondary N) is 3. The van der Waals surface area contributed by atoms with Gasteiger partial charge < -0.3 is 10.6 Å². The number of nitrogens with zero attached hydrogens (tertiary/aromatic N) is 2. The summed E-state index contributed by atoms with van der Waals surface area (Å²) in [5.41, 5.74) is 1.67. The van der Waals surface area contributed by atoms with Crippen molar-refractivity contribution in [2.24, 2.45) is 0 Å². The van der Waals surface area contributed by atoms with Crippen molar-refractivity contribution in [3.8, 4) is 10.6 Å². The fourth-order valence-electron chi connectivity index (χ4n) is 4.47. The van der Waals surface area contributed by atoms with Crippen LogP contribution in [0.15, 0.2) is 79.0 Å². The van der Waals surface area contributed by atoms with Crippen LogP contribution in [0.2, 0.25) is 10.0 Å². The van der Waals surface area contributed by atoms with Crippen molar-refractivity contribution in [2.75, 3.05) is 12.4 Å². The molecule has 1 aromatic heterocycles. The quantitative estimate of drug-likeness (QED) is 0.261. The van der Waals surface area contributed by atoms with Crippen molar-refractivity contribution < 1.29 is 22.4 Å². The van der Waals surface area contributed by atoms with Crippen LogP contribution in [0.5, 0.6) is 0 Å². The number of benzene rings is 3. The van der Waals surface area contributed by atoms with E-state index < -0.39 is 46.0 Å². The Hall–Kier alpha value is -3.39. The summed E-state index contributed by atoms with van der Waals surface area (Å²) >= 11 is 13.5. The molecule has 2 amide bonds. The molecule has 1 aliphatic heterocycles. The maximum absolute atomic E-state index is 13.6. The van der Waals surface area contributed by atoms with Crippen molar-refractivity contribution in [3.63, 3.8) is 0 Å². The molecule has 14 heteroatoms. The number of hydrogen-bond acceptors (Lipinski definition) is 6. The van der Waals surface area contributed by atoms with Gasteiger partial charge in [0.2, 0.25) is 11.8 Å². The van der Waals surface area contributed by atoms with Gasteiger partial charge in [0.05, 0.1) is 21.0 Å². The monoisotopic (exact) mass is 647 g/mol. The summed E-state index contributed by atoms with van der Waals surface area (Å²) in [4.78, 5) is 31.9. The highest BCUT2D eigenvalue weighted by Gasteiger charge is 2.43. The molecular formula is C28H24Cl2FN5O4S2. The number of aromatic nitrogens is 1. The van der Waals surface area contributed by atoms with Crippen molar-refractivity contribution in [2.45, 2.75) is 24.5 Å². The molecule has 3 atom stereocenters. The molecule has 3 N–H and O–H groups in total. The summed E-state index contributed by atoms with van der Waals surface area (Å²) in [6, 6.07) is 16.9. The predicted octanol–water partition coefficient (Wildman–Crippen LogP) is 5.01. The van der Waals surface area contributed by atoms with E-state index in [2.05, 4.69) is 20.3 Å². The third-order valence-corrected chi connectivity index (χ3v) is 10.0. The maximum Gasteiger partial charge on any atom is 0.280 e. The van der Waals surface area contributed by atoms with E-state index in [0.29, 0.717) is 14.9 Å². The number of amides is 2. The van der Waals surface area contributed by atoms with Gasteiger partial charge >= 0.3 is 0 Å². The average molecular weight is 649 g/mol. The number of halogens is 3. The zero-order valence-corrected chi connectivity index (χ0v) is 25.1. The Labute approximate surface area is 255 Å². The first-order valence-electron chi connectivity index (χ1n) is 12.6. The van der Waals surface area contributed by atoms with Gasteiger partial charge in [-0.25, -0.2) is 9.37 Å². The van der Waals surface area contributed by atoms with Crippen LogP contribution in [-0.2, 0) is 19.8 Å². The normalized spacial score (nSPS) is 19.1. The number of carbonyl (C=O) groups excluding carboxylic acids is 2. The largest absolute Gasteiger partial charge is 0.343 e. The zero-order valence-electron chi connectivity index (χ0n) is 21.9. The van der Waals surface area contributed by atoms with Gasteiger partial charge in [-0.3, -0.25) is 9.59 Å². The van der Waals surface area contributed by atoms with Gasteiger partial charge in [0.1, 0.15) is 22.9 Å². The zero-order chi connectivity index (χ0) is 30.0. The van der Waals surface area contributed by atoms with E-state index in [1.807, 2.05) is 48.5 Å². The topological polar surface area (TPSA) is 120 Å². The molecule has 5 rings (SSSR count). The highest BCUT2D eigenvalue weighted by Crippen LogP contribution is 2.35. The lowest BCUT2D eigenvalue weighted by molar-refractivity contribution is -0.125. The van der Waals surface area contributed by atoms with E-state index in [1.165, 1.54) is 30.5 Å². The number of carbonyl (C=O) groups is 2. The van der Waals surface area contributed by atoms with Crippen LogP contribution < -0.4 is 15.4 Å². The van der Waals surface area contributed by atoms with Crippen LogP contribution in [0.1, 0.15) is 22.9 Å². The van der Waals surface area contributed by atoms with Crippen LogP contribution in [-0.4, -0.2) is 48.7 Å². The maximum atomic E-state index is 13.6. The van der Waals surface area contributed by atoms with Crippen LogP contribution in [0.4, 0.5) is 10.1 Å². The highest BCUT2D eigenvalue weighted by atomic mass is 35.5. The Morgan fingerprint density at radius 2 is 1.76 bits per heavy atom. The van der Waals surface area contributed by atoms with E-state index in [-0.39, 0.29) is 17.1 Å². The molecule has 3 unspecified atom stereocenters. The van der Waals surface area contributed by atoms with Gasteiger partial charge in [-0.1, -0.05) is 71.7 Å². The first kappa shape index (κ1) is 30.1. The van der Waals surface area contributed by atoms with Gasteiger partial charge in [0.25, 0.3) is 10.2 Å².